The molecule has 4 heterocycles. The molecule has 1 N–H and O–H groups in total. The summed E-state index contributed by atoms with van der Waals surface area (Å²) in [5.41, 5.74) is 4.33. The average molecular weight is 466 g/mol. The molecule has 1 aliphatic heterocycles. The van der Waals surface area contributed by atoms with E-state index in [-0.39, 0.29) is 24.7 Å². The van der Waals surface area contributed by atoms with Crippen molar-refractivity contribution in [1.29, 1.82) is 0 Å². The summed E-state index contributed by atoms with van der Waals surface area (Å²) in [7, 11) is 3.37. The van der Waals surface area contributed by atoms with Crippen molar-refractivity contribution in [1.82, 2.24) is 24.1 Å². The van der Waals surface area contributed by atoms with Crippen LogP contribution in [0.4, 0.5) is 15.1 Å². The molecule has 0 atom stereocenters. The zero-order valence-corrected chi connectivity index (χ0v) is 18.9. The van der Waals surface area contributed by atoms with E-state index in [4.69, 9.17) is 9.47 Å². The lowest BCUT2D eigenvalue weighted by Crippen LogP contribution is -2.32. The van der Waals surface area contributed by atoms with Crippen molar-refractivity contribution in [2.24, 2.45) is 7.05 Å². The number of imidazole rings is 1. The maximum atomic E-state index is 14.8. The SMILES string of the molecule is COCc1cn2c(N(Cc3c(F)ccc4c3CCO4)C(=O)O)ncc(-c3cc(C)nn3C)c2n1. The number of anilines is 1. The van der Waals surface area contributed by atoms with Gasteiger partial charge in [0.2, 0.25) is 5.95 Å². The molecular weight excluding hydrogens is 443 g/mol. The highest BCUT2D eigenvalue weighted by Crippen LogP contribution is 2.33. The van der Waals surface area contributed by atoms with Gasteiger partial charge in [-0.05, 0) is 25.1 Å². The summed E-state index contributed by atoms with van der Waals surface area (Å²) in [6.45, 7) is 2.32. The minimum atomic E-state index is -1.27. The monoisotopic (exact) mass is 466 g/mol. The lowest BCUT2D eigenvalue weighted by molar-refractivity contribution is 0.182. The predicted molar refractivity (Wildman–Crippen MR) is 120 cm³/mol. The Balaban J connectivity index is 1.66. The van der Waals surface area contributed by atoms with Gasteiger partial charge in [0.1, 0.15) is 11.6 Å². The highest BCUT2D eigenvalue weighted by atomic mass is 19.1. The number of carbonyl (C=O) groups is 1. The Morgan fingerprint density at radius 3 is 2.91 bits per heavy atom. The zero-order chi connectivity index (χ0) is 24.0. The summed E-state index contributed by atoms with van der Waals surface area (Å²) in [5.74, 6) is 0.183. The lowest BCUT2D eigenvalue weighted by Gasteiger charge is -2.21. The number of aromatic nitrogens is 5. The minimum absolute atomic E-state index is 0.0934. The summed E-state index contributed by atoms with van der Waals surface area (Å²) in [6.07, 6.45) is 2.49. The Kier molecular flexibility index (Phi) is 5.40. The number of benzene rings is 1. The number of halogens is 1. The molecule has 0 saturated heterocycles. The molecule has 176 valence electrons. The van der Waals surface area contributed by atoms with Gasteiger partial charge in [0.25, 0.3) is 0 Å². The second-order valence-electron chi connectivity index (χ2n) is 8.10. The van der Waals surface area contributed by atoms with Crippen molar-refractivity contribution in [3.8, 4) is 17.0 Å². The van der Waals surface area contributed by atoms with Gasteiger partial charge < -0.3 is 14.6 Å². The van der Waals surface area contributed by atoms with E-state index in [1.807, 2.05) is 20.0 Å². The van der Waals surface area contributed by atoms with E-state index in [2.05, 4.69) is 15.1 Å². The first-order valence-corrected chi connectivity index (χ1v) is 10.7. The van der Waals surface area contributed by atoms with E-state index in [0.717, 1.165) is 16.3 Å². The molecule has 1 amide bonds. The van der Waals surface area contributed by atoms with Crippen LogP contribution >= 0.6 is 0 Å². The van der Waals surface area contributed by atoms with Crippen molar-refractivity contribution >= 4 is 17.7 Å². The summed E-state index contributed by atoms with van der Waals surface area (Å²) < 4.78 is 28.9. The molecule has 5 rings (SSSR count). The molecule has 10 nitrogen and oxygen atoms in total. The molecule has 3 aromatic heterocycles. The van der Waals surface area contributed by atoms with Gasteiger partial charge in [-0.2, -0.15) is 5.10 Å². The second-order valence-corrected chi connectivity index (χ2v) is 8.10. The molecule has 0 saturated carbocycles. The van der Waals surface area contributed by atoms with Crippen LogP contribution in [-0.4, -0.2) is 49.1 Å². The molecule has 0 fully saturated rings. The fourth-order valence-corrected chi connectivity index (χ4v) is 4.34. The number of aryl methyl sites for hydroxylation is 2. The van der Waals surface area contributed by atoms with Crippen LogP contribution in [-0.2, 0) is 31.4 Å². The van der Waals surface area contributed by atoms with E-state index in [9.17, 15) is 14.3 Å². The van der Waals surface area contributed by atoms with E-state index in [1.54, 1.807) is 34.7 Å². The highest BCUT2D eigenvalue weighted by molar-refractivity contribution is 5.86. The summed E-state index contributed by atoms with van der Waals surface area (Å²) in [5, 5.41) is 14.5. The molecule has 0 aliphatic carbocycles. The number of fused-ring (bicyclic) bond motifs is 2. The fourth-order valence-electron chi connectivity index (χ4n) is 4.34. The van der Waals surface area contributed by atoms with E-state index in [0.29, 0.717) is 41.2 Å². The molecule has 1 aliphatic rings. The summed E-state index contributed by atoms with van der Waals surface area (Å²) in [4.78, 5) is 22.5. The molecular formula is C23H23FN6O4. The quantitative estimate of drug-likeness (QED) is 0.464. The van der Waals surface area contributed by atoms with Crippen LogP contribution in [0.25, 0.3) is 16.9 Å². The van der Waals surface area contributed by atoms with Gasteiger partial charge in [-0.25, -0.2) is 24.1 Å². The molecule has 0 radical (unpaired) electrons. The van der Waals surface area contributed by atoms with Gasteiger partial charge in [-0.15, -0.1) is 0 Å². The van der Waals surface area contributed by atoms with E-state index in [1.165, 1.54) is 6.07 Å². The first-order chi connectivity index (χ1) is 16.4. The number of hydrogen-bond acceptors (Lipinski definition) is 6. The maximum Gasteiger partial charge on any atom is 0.414 e. The number of rotatable bonds is 6. The first kappa shape index (κ1) is 21.8. The predicted octanol–water partition coefficient (Wildman–Crippen LogP) is 3.34. The van der Waals surface area contributed by atoms with Crippen LogP contribution in [0.2, 0.25) is 0 Å². The smallest absolute Gasteiger partial charge is 0.414 e. The minimum Gasteiger partial charge on any atom is -0.493 e. The number of methoxy groups -OCH3 is 1. The Bertz CT molecular complexity index is 1410. The molecule has 0 unspecified atom stereocenters. The van der Waals surface area contributed by atoms with Gasteiger partial charge in [-0.1, -0.05) is 0 Å². The topological polar surface area (TPSA) is 107 Å². The van der Waals surface area contributed by atoms with Crippen molar-refractivity contribution in [2.75, 3.05) is 18.6 Å². The third-order valence-electron chi connectivity index (χ3n) is 5.82. The molecule has 34 heavy (non-hydrogen) atoms. The summed E-state index contributed by atoms with van der Waals surface area (Å²) >= 11 is 0. The van der Waals surface area contributed by atoms with Crippen LogP contribution < -0.4 is 9.64 Å². The second kappa shape index (κ2) is 8.41. The van der Waals surface area contributed by atoms with Gasteiger partial charge in [-0.3, -0.25) is 9.08 Å². The van der Waals surface area contributed by atoms with Crippen LogP contribution in [0.15, 0.2) is 30.6 Å². The van der Waals surface area contributed by atoms with Crippen LogP contribution in [0, 0.1) is 12.7 Å². The van der Waals surface area contributed by atoms with Gasteiger partial charge in [0, 0.05) is 44.1 Å². The van der Waals surface area contributed by atoms with Crippen molar-refractivity contribution in [3.05, 3.63) is 58.9 Å². The van der Waals surface area contributed by atoms with E-state index >= 15 is 0 Å². The molecule has 4 aromatic rings. The van der Waals surface area contributed by atoms with Crippen molar-refractivity contribution in [2.45, 2.75) is 26.5 Å². The normalized spacial score (nSPS) is 12.7. The van der Waals surface area contributed by atoms with Gasteiger partial charge in [0.15, 0.2) is 5.65 Å². The molecule has 11 heteroatoms. The van der Waals surface area contributed by atoms with Gasteiger partial charge in [0.05, 0.1) is 42.4 Å². The highest BCUT2D eigenvalue weighted by Gasteiger charge is 2.27. The molecule has 1 aromatic carbocycles. The van der Waals surface area contributed by atoms with Crippen LogP contribution in [0.3, 0.4) is 0 Å². The average Bonchev–Trinajstić information content (AvgIpc) is 3.51. The number of nitrogens with zero attached hydrogens (tertiary/aromatic N) is 6. The van der Waals surface area contributed by atoms with Crippen LogP contribution in [0.1, 0.15) is 22.5 Å². The number of ether oxygens (including phenoxy) is 2. The summed E-state index contributed by atoms with van der Waals surface area (Å²) in [6, 6.07) is 4.77. The van der Waals surface area contributed by atoms with Crippen molar-refractivity contribution in [3.63, 3.8) is 0 Å². The Labute approximate surface area is 194 Å². The third kappa shape index (κ3) is 3.63. The first-order valence-electron chi connectivity index (χ1n) is 10.7. The number of hydrogen-bond donors (Lipinski definition) is 1. The lowest BCUT2D eigenvalue weighted by atomic mass is 10.0. The van der Waals surface area contributed by atoms with Crippen LogP contribution in [0.5, 0.6) is 5.75 Å². The van der Waals surface area contributed by atoms with Crippen molar-refractivity contribution < 1.29 is 23.8 Å². The number of carboxylic acid groups (broad SMARTS) is 1. The molecule has 0 bridgehead atoms. The Morgan fingerprint density at radius 1 is 1.38 bits per heavy atom. The maximum absolute atomic E-state index is 14.8. The standard InChI is InChI=1S/C23H23FN6O4/c1-13-8-19(28(2)27-13)16-9-25-22(29-10-14(12-33-3)26-21(16)29)30(23(31)32)11-17-15-6-7-34-20(15)5-4-18(17)24/h4-5,8-10H,6-7,11-12H2,1-3H3,(H,31,32). The molecule has 0 spiro atoms. The van der Waals surface area contributed by atoms with E-state index < -0.39 is 11.9 Å². The fraction of sp³-hybridized carbons (Fsp3) is 0.304. The largest absolute Gasteiger partial charge is 0.493 e. The Hall–Kier alpha value is -3.99. The van der Waals surface area contributed by atoms with Gasteiger partial charge >= 0.3 is 6.09 Å². The number of amides is 1. The zero-order valence-electron chi connectivity index (χ0n) is 18.9. The Morgan fingerprint density at radius 2 is 2.21 bits per heavy atom. The third-order valence-corrected chi connectivity index (χ3v) is 5.82.